The molecule has 0 radical (unpaired) electrons. The number of hydrogen-bond donors (Lipinski definition) is 2. The Morgan fingerprint density at radius 2 is 1.77 bits per heavy atom. The van der Waals surface area contributed by atoms with E-state index in [1.165, 1.54) is 30.4 Å². The summed E-state index contributed by atoms with van der Waals surface area (Å²) in [5.41, 5.74) is 3.27. The van der Waals surface area contributed by atoms with Gasteiger partial charge in [0.15, 0.2) is 0 Å². The van der Waals surface area contributed by atoms with E-state index in [4.69, 9.17) is 0 Å². The number of carbonyl (C=O) groups excluding carboxylic acids is 1. The first-order valence-corrected chi connectivity index (χ1v) is 8.65. The maximum Gasteiger partial charge on any atom is 0.221 e. The molecule has 8 heteroatoms. The first-order valence-electron chi connectivity index (χ1n) is 7.84. The molecular formula is C18H14FN5OS. The summed E-state index contributed by atoms with van der Waals surface area (Å²) in [5, 5.41) is 11.1. The molecular weight excluding hydrogens is 353 g/mol. The van der Waals surface area contributed by atoms with Crippen LogP contribution in [0.2, 0.25) is 0 Å². The second kappa shape index (κ2) is 6.57. The molecule has 0 saturated carbocycles. The van der Waals surface area contributed by atoms with Crippen molar-refractivity contribution in [3.63, 3.8) is 0 Å². The van der Waals surface area contributed by atoms with Crippen molar-refractivity contribution >= 4 is 38.7 Å². The van der Waals surface area contributed by atoms with E-state index < -0.39 is 0 Å². The fraction of sp³-hybridized carbons (Fsp3) is 0.0556. The number of anilines is 3. The monoisotopic (exact) mass is 367 g/mol. The van der Waals surface area contributed by atoms with Crippen molar-refractivity contribution in [3.05, 3.63) is 60.5 Å². The van der Waals surface area contributed by atoms with Crippen LogP contribution < -0.4 is 10.6 Å². The first kappa shape index (κ1) is 16.2. The molecule has 0 unspecified atom stereocenters. The molecule has 2 N–H and O–H groups in total. The molecule has 26 heavy (non-hydrogen) atoms. The highest BCUT2D eigenvalue weighted by atomic mass is 32.1. The molecule has 6 nitrogen and oxygen atoms in total. The summed E-state index contributed by atoms with van der Waals surface area (Å²) in [7, 11) is 0. The quantitative estimate of drug-likeness (QED) is 0.564. The topological polar surface area (TPSA) is 71.3 Å². The standard InChI is InChI=1S/C18H14FN5OS/c1-11(25)21-14-6-2-12(3-7-14)16-10-20-18-24(16)23-17(26-18)22-15-8-4-13(19)5-9-15/h2-10H,1H3,(H,21,25)(H,22,23). The lowest BCUT2D eigenvalue weighted by Crippen LogP contribution is -2.05. The molecule has 2 aromatic carbocycles. The van der Waals surface area contributed by atoms with Crippen LogP contribution in [-0.4, -0.2) is 20.5 Å². The largest absolute Gasteiger partial charge is 0.330 e. The van der Waals surface area contributed by atoms with Gasteiger partial charge in [-0.2, -0.15) is 0 Å². The van der Waals surface area contributed by atoms with Gasteiger partial charge in [0.2, 0.25) is 16.0 Å². The molecule has 130 valence electrons. The summed E-state index contributed by atoms with van der Waals surface area (Å²) >= 11 is 1.40. The van der Waals surface area contributed by atoms with Crippen LogP contribution in [0.5, 0.6) is 0 Å². The Bertz CT molecular complexity index is 1070. The number of imidazole rings is 1. The van der Waals surface area contributed by atoms with Gasteiger partial charge in [-0.25, -0.2) is 13.9 Å². The van der Waals surface area contributed by atoms with Crippen molar-refractivity contribution in [1.29, 1.82) is 0 Å². The van der Waals surface area contributed by atoms with Gasteiger partial charge in [-0.3, -0.25) is 4.79 Å². The Morgan fingerprint density at radius 1 is 1.08 bits per heavy atom. The van der Waals surface area contributed by atoms with Gasteiger partial charge in [-0.1, -0.05) is 23.5 Å². The van der Waals surface area contributed by atoms with Gasteiger partial charge < -0.3 is 10.6 Å². The molecule has 0 aliphatic rings. The number of nitrogens with one attached hydrogen (secondary N) is 2. The van der Waals surface area contributed by atoms with Crippen LogP contribution in [0.4, 0.5) is 20.9 Å². The molecule has 0 aliphatic carbocycles. The number of fused-ring (bicyclic) bond motifs is 1. The SMILES string of the molecule is CC(=O)Nc1ccc(-c2cnc3sc(Nc4ccc(F)cc4)nn23)cc1. The molecule has 1 amide bonds. The number of hydrogen-bond acceptors (Lipinski definition) is 5. The highest BCUT2D eigenvalue weighted by Gasteiger charge is 2.12. The van der Waals surface area contributed by atoms with E-state index in [2.05, 4.69) is 20.7 Å². The minimum Gasteiger partial charge on any atom is -0.330 e. The van der Waals surface area contributed by atoms with Crippen LogP contribution in [0.3, 0.4) is 0 Å². The number of nitrogens with zero attached hydrogens (tertiary/aromatic N) is 3. The van der Waals surface area contributed by atoms with Crippen molar-refractivity contribution < 1.29 is 9.18 Å². The van der Waals surface area contributed by atoms with Gasteiger partial charge in [-0.15, -0.1) is 5.10 Å². The van der Waals surface area contributed by atoms with E-state index in [-0.39, 0.29) is 11.7 Å². The van der Waals surface area contributed by atoms with E-state index in [1.807, 2.05) is 24.3 Å². The Labute approximate surface area is 152 Å². The van der Waals surface area contributed by atoms with Gasteiger partial charge in [0, 0.05) is 23.9 Å². The van der Waals surface area contributed by atoms with E-state index in [9.17, 15) is 9.18 Å². The van der Waals surface area contributed by atoms with Crippen molar-refractivity contribution in [2.75, 3.05) is 10.6 Å². The van der Waals surface area contributed by atoms with Crippen molar-refractivity contribution in [1.82, 2.24) is 14.6 Å². The number of halogens is 1. The second-order valence-corrected chi connectivity index (χ2v) is 6.59. The predicted octanol–water partition coefficient (Wildman–Crippen LogP) is 4.30. The highest BCUT2D eigenvalue weighted by Crippen LogP contribution is 2.28. The lowest BCUT2D eigenvalue weighted by molar-refractivity contribution is -0.114. The molecule has 4 rings (SSSR count). The maximum absolute atomic E-state index is 13.0. The third-order valence-corrected chi connectivity index (χ3v) is 4.52. The molecule has 0 fully saturated rings. The van der Waals surface area contributed by atoms with E-state index in [0.29, 0.717) is 5.13 Å². The van der Waals surface area contributed by atoms with Crippen LogP contribution in [0, 0.1) is 5.82 Å². The summed E-state index contributed by atoms with van der Waals surface area (Å²) in [6, 6.07) is 13.6. The summed E-state index contributed by atoms with van der Waals surface area (Å²) in [6.45, 7) is 1.47. The van der Waals surface area contributed by atoms with Gasteiger partial charge >= 0.3 is 0 Å². The van der Waals surface area contributed by atoms with Crippen LogP contribution in [0.1, 0.15) is 6.92 Å². The first-order chi connectivity index (χ1) is 12.6. The van der Waals surface area contributed by atoms with Crippen molar-refractivity contribution in [2.45, 2.75) is 6.92 Å². The molecule has 0 bridgehead atoms. The average molecular weight is 367 g/mol. The van der Waals surface area contributed by atoms with Gasteiger partial charge in [-0.05, 0) is 36.4 Å². The van der Waals surface area contributed by atoms with Gasteiger partial charge in [0.05, 0.1) is 11.9 Å². The fourth-order valence-corrected chi connectivity index (χ4v) is 3.32. The summed E-state index contributed by atoms with van der Waals surface area (Å²) in [5.74, 6) is -0.394. The highest BCUT2D eigenvalue weighted by molar-refractivity contribution is 7.20. The number of rotatable bonds is 4. The second-order valence-electron chi connectivity index (χ2n) is 5.64. The Hall–Kier alpha value is -3.26. The normalized spacial score (nSPS) is 10.8. The van der Waals surface area contributed by atoms with Gasteiger partial charge in [0.25, 0.3) is 0 Å². The number of amides is 1. The molecule has 2 heterocycles. The zero-order valence-corrected chi connectivity index (χ0v) is 14.5. The number of carbonyl (C=O) groups is 1. The molecule has 0 atom stereocenters. The van der Waals surface area contributed by atoms with Crippen molar-refractivity contribution in [3.8, 4) is 11.3 Å². The number of aromatic nitrogens is 3. The molecule has 0 saturated heterocycles. The minimum absolute atomic E-state index is 0.111. The summed E-state index contributed by atoms with van der Waals surface area (Å²) in [6.07, 6.45) is 1.76. The molecule has 2 aromatic heterocycles. The molecule has 4 aromatic rings. The summed E-state index contributed by atoms with van der Waals surface area (Å²) < 4.78 is 14.8. The van der Waals surface area contributed by atoms with Crippen LogP contribution in [-0.2, 0) is 4.79 Å². The molecule has 0 spiro atoms. The third-order valence-electron chi connectivity index (χ3n) is 3.68. The van der Waals surface area contributed by atoms with Crippen LogP contribution in [0.25, 0.3) is 16.2 Å². The Kier molecular flexibility index (Phi) is 4.10. The Balaban J connectivity index is 1.61. The van der Waals surface area contributed by atoms with E-state index in [0.717, 1.165) is 27.6 Å². The minimum atomic E-state index is -0.283. The lowest BCUT2D eigenvalue weighted by Gasteiger charge is -2.04. The predicted molar refractivity (Wildman–Crippen MR) is 100 cm³/mol. The average Bonchev–Trinajstić information content (AvgIpc) is 3.17. The van der Waals surface area contributed by atoms with Crippen LogP contribution >= 0.6 is 11.3 Å². The van der Waals surface area contributed by atoms with Crippen molar-refractivity contribution in [2.24, 2.45) is 0 Å². The lowest BCUT2D eigenvalue weighted by atomic mass is 10.1. The van der Waals surface area contributed by atoms with E-state index >= 15 is 0 Å². The molecule has 0 aliphatic heterocycles. The van der Waals surface area contributed by atoms with Gasteiger partial charge in [0.1, 0.15) is 5.82 Å². The zero-order chi connectivity index (χ0) is 18.1. The van der Waals surface area contributed by atoms with Crippen LogP contribution in [0.15, 0.2) is 54.7 Å². The summed E-state index contributed by atoms with van der Waals surface area (Å²) in [4.78, 5) is 16.2. The zero-order valence-electron chi connectivity index (χ0n) is 13.7. The third kappa shape index (κ3) is 3.27. The smallest absolute Gasteiger partial charge is 0.221 e. The Morgan fingerprint density at radius 3 is 2.46 bits per heavy atom. The fourth-order valence-electron chi connectivity index (χ4n) is 2.52. The number of benzene rings is 2. The maximum atomic E-state index is 13.0. The van der Waals surface area contributed by atoms with E-state index in [1.54, 1.807) is 22.8 Å².